The molecule has 3 rings (SSSR count). The average molecular weight is 578 g/mol. The third kappa shape index (κ3) is 8.98. The molecule has 0 saturated carbocycles. The largest absolute Gasteiger partial charge is 0.573 e. The van der Waals surface area contributed by atoms with E-state index in [0.29, 0.717) is 29.0 Å². The van der Waals surface area contributed by atoms with E-state index in [-0.39, 0.29) is 24.6 Å². The van der Waals surface area contributed by atoms with Crippen molar-refractivity contribution in [2.24, 2.45) is 0 Å². The van der Waals surface area contributed by atoms with Crippen LogP contribution in [0.2, 0.25) is 5.02 Å². The summed E-state index contributed by atoms with van der Waals surface area (Å²) in [5.74, 6) is -2.70. The summed E-state index contributed by atoms with van der Waals surface area (Å²) in [6.45, 7) is 1.94. The summed E-state index contributed by atoms with van der Waals surface area (Å²) in [7, 11) is 0. The van der Waals surface area contributed by atoms with Crippen LogP contribution in [-0.4, -0.2) is 40.8 Å². The van der Waals surface area contributed by atoms with Gasteiger partial charge < -0.3 is 20.5 Å². The fraction of sp³-hybridized carbons (Fsp3) is 0.286. The van der Waals surface area contributed by atoms with Crippen LogP contribution in [0.1, 0.15) is 70.1 Å². The maximum absolute atomic E-state index is 13.1. The van der Waals surface area contributed by atoms with Crippen LogP contribution in [0.4, 0.5) is 13.2 Å². The van der Waals surface area contributed by atoms with Crippen molar-refractivity contribution >= 4 is 29.4 Å². The van der Waals surface area contributed by atoms with Crippen molar-refractivity contribution in [1.29, 1.82) is 0 Å². The standard InChI is InChI=1S/C28H27ClF3N3O5/c1-2-3-22(17-4-6-19(7-5-17)26(38)33-15-14-24(36)37)25(35-27(39)23-13-10-20(29)16-34-23)18-8-11-21(12-9-18)40-28(30,31)32/h4-13,16,22,25H,2-3,14-15H2,1H3,(H,33,38)(H,35,39)(H,36,37). The van der Waals surface area contributed by atoms with E-state index in [0.717, 1.165) is 5.56 Å². The number of carbonyl (C=O) groups is 3. The highest BCUT2D eigenvalue weighted by Crippen LogP contribution is 2.36. The van der Waals surface area contributed by atoms with Gasteiger partial charge in [0.15, 0.2) is 0 Å². The Kier molecular flexibility index (Phi) is 10.5. The van der Waals surface area contributed by atoms with Gasteiger partial charge in [-0.25, -0.2) is 4.98 Å². The van der Waals surface area contributed by atoms with E-state index in [2.05, 4.69) is 20.4 Å². The quantitative estimate of drug-likeness (QED) is 0.247. The molecule has 0 aliphatic carbocycles. The van der Waals surface area contributed by atoms with Crippen LogP contribution in [0.3, 0.4) is 0 Å². The SMILES string of the molecule is CCCC(c1ccc(C(=O)NCCC(=O)O)cc1)C(NC(=O)c1ccc(Cl)cn1)c1ccc(OC(F)(F)F)cc1. The number of amides is 2. The van der Waals surface area contributed by atoms with Gasteiger partial charge in [0.25, 0.3) is 11.8 Å². The molecule has 2 aromatic carbocycles. The van der Waals surface area contributed by atoms with Gasteiger partial charge in [-0.05, 0) is 53.9 Å². The van der Waals surface area contributed by atoms with Crippen molar-refractivity contribution in [3.8, 4) is 5.75 Å². The van der Waals surface area contributed by atoms with Gasteiger partial charge in [-0.2, -0.15) is 0 Å². The molecular weight excluding hydrogens is 551 g/mol. The molecular formula is C28H27ClF3N3O5. The van der Waals surface area contributed by atoms with E-state index in [1.54, 1.807) is 24.3 Å². The second-order valence-corrected chi connectivity index (χ2v) is 9.28. The van der Waals surface area contributed by atoms with E-state index >= 15 is 0 Å². The lowest BCUT2D eigenvalue weighted by Gasteiger charge is -2.29. The summed E-state index contributed by atoms with van der Waals surface area (Å²) in [4.78, 5) is 40.3. The Labute approximate surface area is 233 Å². The summed E-state index contributed by atoms with van der Waals surface area (Å²) >= 11 is 5.89. The smallest absolute Gasteiger partial charge is 0.481 e. The fourth-order valence-corrected chi connectivity index (χ4v) is 4.23. The van der Waals surface area contributed by atoms with Crippen molar-refractivity contribution in [3.63, 3.8) is 0 Å². The van der Waals surface area contributed by atoms with Gasteiger partial charge in [0.1, 0.15) is 11.4 Å². The molecule has 40 heavy (non-hydrogen) atoms. The first-order valence-electron chi connectivity index (χ1n) is 12.3. The second-order valence-electron chi connectivity index (χ2n) is 8.85. The van der Waals surface area contributed by atoms with Gasteiger partial charge in [0, 0.05) is 24.2 Å². The predicted octanol–water partition coefficient (Wildman–Crippen LogP) is 5.89. The Balaban J connectivity index is 1.92. The van der Waals surface area contributed by atoms with Crippen LogP contribution in [-0.2, 0) is 4.79 Å². The Bertz CT molecular complexity index is 1300. The molecule has 3 N–H and O–H groups in total. The van der Waals surface area contributed by atoms with Crippen LogP contribution < -0.4 is 15.4 Å². The van der Waals surface area contributed by atoms with Crippen molar-refractivity contribution in [2.75, 3.05) is 6.54 Å². The molecule has 0 aliphatic rings. The number of nitrogens with zero attached hydrogens (tertiary/aromatic N) is 1. The monoisotopic (exact) mass is 577 g/mol. The molecule has 1 heterocycles. The number of rotatable bonds is 12. The number of aromatic nitrogens is 1. The number of aliphatic carboxylic acids is 1. The molecule has 8 nitrogen and oxygen atoms in total. The lowest BCUT2D eigenvalue weighted by Crippen LogP contribution is -2.33. The number of nitrogens with one attached hydrogen (secondary N) is 2. The molecule has 0 aliphatic heterocycles. The van der Waals surface area contributed by atoms with E-state index in [9.17, 15) is 27.6 Å². The van der Waals surface area contributed by atoms with Crippen LogP contribution >= 0.6 is 11.6 Å². The maximum atomic E-state index is 13.1. The first-order chi connectivity index (χ1) is 19.0. The molecule has 3 aromatic rings. The third-order valence-electron chi connectivity index (χ3n) is 5.95. The van der Waals surface area contributed by atoms with E-state index < -0.39 is 35.9 Å². The third-order valence-corrected chi connectivity index (χ3v) is 6.17. The lowest BCUT2D eigenvalue weighted by atomic mass is 9.83. The first-order valence-corrected chi connectivity index (χ1v) is 12.7. The number of benzene rings is 2. The number of ether oxygens (including phenoxy) is 1. The molecule has 0 bridgehead atoms. The molecule has 1 aromatic heterocycles. The molecule has 2 atom stereocenters. The number of carboxylic acids is 1. The molecule has 0 radical (unpaired) electrons. The molecule has 0 spiro atoms. The Morgan fingerprint density at radius 2 is 1.62 bits per heavy atom. The van der Waals surface area contributed by atoms with E-state index in [1.807, 2.05) is 6.92 Å². The minimum Gasteiger partial charge on any atom is -0.481 e. The second kappa shape index (κ2) is 13.8. The van der Waals surface area contributed by atoms with Crippen LogP contribution in [0.15, 0.2) is 66.9 Å². The fourth-order valence-electron chi connectivity index (χ4n) is 4.12. The number of carbonyl (C=O) groups excluding carboxylic acids is 2. The van der Waals surface area contributed by atoms with E-state index in [4.69, 9.17) is 16.7 Å². The van der Waals surface area contributed by atoms with Crippen molar-refractivity contribution in [1.82, 2.24) is 15.6 Å². The molecule has 212 valence electrons. The number of pyridine rings is 1. The predicted molar refractivity (Wildman–Crippen MR) is 141 cm³/mol. The maximum Gasteiger partial charge on any atom is 0.573 e. The van der Waals surface area contributed by atoms with Crippen LogP contribution in [0.25, 0.3) is 0 Å². The number of hydrogen-bond donors (Lipinski definition) is 3. The average Bonchev–Trinajstić information content (AvgIpc) is 2.90. The summed E-state index contributed by atoms with van der Waals surface area (Å²) in [6.07, 6.45) is -2.42. The number of hydrogen-bond acceptors (Lipinski definition) is 5. The summed E-state index contributed by atoms with van der Waals surface area (Å²) in [5, 5.41) is 14.6. The minimum absolute atomic E-state index is 0.0186. The summed E-state index contributed by atoms with van der Waals surface area (Å²) in [6, 6.07) is 14.2. The zero-order chi connectivity index (χ0) is 29.3. The Hall–Kier alpha value is -4.12. The lowest BCUT2D eigenvalue weighted by molar-refractivity contribution is -0.274. The molecule has 0 fully saturated rings. The number of carboxylic acid groups (broad SMARTS) is 1. The van der Waals surface area contributed by atoms with Gasteiger partial charge >= 0.3 is 12.3 Å². The molecule has 2 unspecified atom stereocenters. The van der Waals surface area contributed by atoms with Crippen molar-refractivity contribution in [2.45, 2.75) is 44.5 Å². The minimum atomic E-state index is -4.85. The zero-order valence-electron chi connectivity index (χ0n) is 21.4. The van der Waals surface area contributed by atoms with Gasteiger partial charge in [-0.15, -0.1) is 13.2 Å². The van der Waals surface area contributed by atoms with E-state index in [1.165, 1.54) is 42.6 Å². The molecule has 12 heteroatoms. The van der Waals surface area contributed by atoms with Crippen LogP contribution in [0, 0.1) is 0 Å². The number of halogens is 4. The van der Waals surface area contributed by atoms with Gasteiger partial charge in [-0.3, -0.25) is 14.4 Å². The highest BCUT2D eigenvalue weighted by molar-refractivity contribution is 6.30. The number of alkyl halides is 3. The van der Waals surface area contributed by atoms with Crippen LogP contribution in [0.5, 0.6) is 5.75 Å². The van der Waals surface area contributed by atoms with Crippen molar-refractivity contribution < 1.29 is 37.4 Å². The highest BCUT2D eigenvalue weighted by Gasteiger charge is 2.32. The first kappa shape index (κ1) is 30.4. The van der Waals surface area contributed by atoms with Gasteiger partial charge in [0.05, 0.1) is 17.5 Å². The highest BCUT2D eigenvalue weighted by atomic mass is 35.5. The Morgan fingerprint density at radius 1 is 0.975 bits per heavy atom. The molecule has 2 amide bonds. The van der Waals surface area contributed by atoms with Gasteiger partial charge in [-0.1, -0.05) is 49.2 Å². The topological polar surface area (TPSA) is 118 Å². The van der Waals surface area contributed by atoms with Gasteiger partial charge in [0.2, 0.25) is 0 Å². The Morgan fingerprint density at radius 3 is 2.17 bits per heavy atom. The summed E-state index contributed by atoms with van der Waals surface area (Å²) in [5.41, 5.74) is 1.73. The normalized spacial score (nSPS) is 12.7. The molecule has 0 saturated heterocycles. The van der Waals surface area contributed by atoms with Crippen molar-refractivity contribution in [3.05, 3.63) is 94.3 Å². The zero-order valence-corrected chi connectivity index (χ0v) is 22.1. The summed E-state index contributed by atoms with van der Waals surface area (Å²) < 4.78 is 42.0.